The highest BCUT2D eigenvalue weighted by Gasteiger charge is 2.18. The largest absolute Gasteiger partial charge is 0.377 e. The number of hydrogen-bond acceptors (Lipinski definition) is 2. The van der Waals surface area contributed by atoms with E-state index in [1.165, 1.54) is 11.6 Å². The first-order valence-corrected chi connectivity index (χ1v) is 11.3. The molecule has 1 aliphatic carbocycles. The second kappa shape index (κ2) is 10.2. The van der Waals surface area contributed by atoms with Gasteiger partial charge in [0.15, 0.2) is 0 Å². The molecule has 2 nitrogen and oxygen atoms in total. The number of piperidine rings is 1. The van der Waals surface area contributed by atoms with Gasteiger partial charge in [-0.15, -0.1) is 0 Å². The molecule has 2 aromatic rings. The predicted octanol–water partition coefficient (Wildman–Crippen LogP) is 5.34. The topological polar surface area (TPSA) is 15.3 Å². The molecule has 0 atom stereocenters. The third kappa shape index (κ3) is 5.07. The molecule has 1 fully saturated rings. The molecule has 1 N–H and O–H groups in total. The van der Waals surface area contributed by atoms with Crippen LogP contribution < -0.4 is 20.7 Å². The van der Waals surface area contributed by atoms with Crippen LogP contribution in [0.5, 0.6) is 0 Å². The number of anilines is 1. The van der Waals surface area contributed by atoms with E-state index in [0.29, 0.717) is 22.6 Å². The second-order valence-electron chi connectivity index (χ2n) is 8.30. The minimum atomic E-state index is -0.311. The fourth-order valence-electron chi connectivity index (χ4n) is 4.39. The van der Waals surface area contributed by atoms with Crippen molar-refractivity contribution in [2.45, 2.75) is 40.0 Å². The molecule has 1 aliphatic heterocycles. The molecule has 0 radical (unpaired) electrons. The van der Waals surface area contributed by atoms with Gasteiger partial charge in [0.1, 0.15) is 11.6 Å². The lowest BCUT2D eigenvalue weighted by Gasteiger charge is -2.24. The monoisotopic (exact) mass is 426 g/mol. The number of hydrogen-bond donors (Lipinski definition) is 1. The lowest BCUT2D eigenvalue weighted by molar-refractivity contribution is 0.421. The van der Waals surface area contributed by atoms with Gasteiger partial charge in [-0.25, -0.2) is 8.78 Å². The highest BCUT2D eigenvalue weighted by atomic mass is 19.1. The first kappa shape index (κ1) is 23.2. The lowest BCUT2D eigenvalue weighted by Crippen LogP contribution is -2.28. The zero-order valence-corrected chi connectivity index (χ0v) is 19.4. The van der Waals surface area contributed by atoms with Gasteiger partial charge in [-0.3, -0.25) is 0 Å². The van der Waals surface area contributed by atoms with E-state index in [9.17, 15) is 4.39 Å². The summed E-state index contributed by atoms with van der Waals surface area (Å²) in [6.07, 6.45) is 9.02. The Kier molecular flexibility index (Phi) is 7.66. The zero-order valence-electron chi connectivity index (χ0n) is 19.4. The van der Waals surface area contributed by atoms with Crippen molar-refractivity contribution in [1.29, 1.82) is 0 Å². The molecule has 0 saturated carbocycles. The van der Waals surface area contributed by atoms with Gasteiger partial charge in [0.05, 0.1) is 0 Å². The van der Waals surface area contributed by atoms with Gasteiger partial charge in [0, 0.05) is 32.3 Å². The molecule has 4 heteroatoms. The van der Waals surface area contributed by atoms with Crippen molar-refractivity contribution in [3.63, 3.8) is 0 Å². The summed E-state index contributed by atoms with van der Waals surface area (Å²) in [5.74, 6) is -0.144. The number of nitrogens with zero attached hydrogens (tertiary/aromatic N) is 1. The van der Waals surface area contributed by atoms with E-state index in [4.69, 9.17) is 0 Å². The Morgan fingerprint density at radius 1 is 1.00 bits per heavy atom. The Bertz CT molecular complexity index is 1080. The zero-order chi connectivity index (χ0) is 22.5. The van der Waals surface area contributed by atoms with Crippen LogP contribution in [0, 0.1) is 17.6 Å². The Morgan fingerprint density at radius 2 is 1.65 bits per heavy atom. The Hall–Kier alpha value is -2.46. The summed E-state index contributed by atoms with van der Waals surface area (Å²) in [6, 6.07) is 6.75. The van der Waals surface area contributed by atoms with Crippen LogP contribution in [0.2, 0.25) is 0 Å². The highest BCUT2D eigenvalue weighted by molar-refractivity contribution is 5.77. The average molecular weight is 427 g/mol. The summed E-state index contributed by atoms with van der Waals surface area (Å²) in [5.41, 5.74) is 3.57. The van der Waals surface area contributed by atoms with Crippen molar-refractivity contribution in [2.24, 2.45) is 5.92 Å². The fourth-order valence-corrected chi connectivity index (χ4v) is 4.39. The highest BCUT2D eigenvalue weighted by Crippen LogP contribution is 2.33. The Morgan fingerprint density at radius 3 is 2.29 bits per heavy atom. The molecule has 2 aromatic carbocycles. The molecule has 31 heavy (non-hydrogen) atoms. The third-order valence-electron chi connectivity index (χ3n) is 6.10. The van der Waals surface area contributed by atoms with Crippen LogP contribution in [0.3, 0.4) is 0 Å². The van der Waals surface area contributed by atoms with Gasteiger partial charge < -0.3 is 10.2 Å². The normalized spacial score (nSPS) is 16.0. The van der Waals surface area contributed by atoms with E-state index >= 15 is 4.39 Å². The maximum Gasteiger partial charge on any atom is 0.133 e. The SMILES string of the molecule is C/C(=C\c1c(F)cc(-c2cc3c(cc2F)=CCC=3)cc1N(C)C)C1CCNCC1.CC.[HH]. The van der Waals surface area contributed by atoms with E-state index < -0.39 is 0 Å². The van der Waals surface area contributed by atoms with Crippen LogP contribution in [0.25, 0.3) is 29.4 Å². The standard InChI is InChI=1S/C25H28F2N2.C2H6.H2/c1-16(17-7-9-28-10-8-17)11-22-24(27)14-20(15-25(22)29(2)3)21-12-18-5-4-6-19(18)13-23(21)26;1-2;/h5-6,11-15,17,28H,4,7-10H2,1-3H3;1-2H3;1H/b16-11+;;. The third-order valence-corrected chi connectivity index (χ3v) is 6.10. The molecule has 1 saturated heterocycles. The molecule has 4 rings (SSSR count). The summed E-state index contributed by atoms with van der Waals surface area (Å²) in [7, 11) is 3.80. The predicted molar refractivity (Wildman–Crippen MR) is 132 cm³/mol. The van der Waals surface area contributed by atoms with Crippen LogP contribution >= 0.6 is 0 Å². The van der Waals surface area contributed by atoms with E-state index in [-0.39, 0.29) is 13.1 Å². The van der Waals surface area contributed by atoms with Crippen molar-refractivity contribution in [3.05, 3.63) is 57.5 Å². The van der Waals surface area contributed by atoms with Crippen molar-refractivity contribution < 1.29 is 10.2 Å². The van der Waals surface area contributed by atoms with Gasteiger partial charge in [-0.2, -0.15) is 0 Å². The second-order valence-corrected chi connectivity index (χ2v) is 8.30. The number of benzene rings is 2. The van der Waals surface area contributed by atoms with Gasteiger partial charge in [-0.1, -0.05) is 37.6 Å². The van der Waals surface area contributed by atoms with Gasteiger partial charge >= 0.3 is 0 Å². The molecule has 0 bridgehead atoms. The van der Waals surface area contributed by atoms with Crippen LogP contribution in [-0.4, -0.2) is 27.2 Å². The summed E-state index contributed by atoms with van der Waals surface area (Å²) < 4.78 is 30.0. The fraction of sp³-hybridized carbons (Fsp3) is 0.407. The van der Waals surface area contributed by atoms with E-state index in [0.717, 1.165) is 48.5 Å². The van der Waals surface area contributed by atoms with Crippen molar-refractivity contribution >= 4 is 23.9 Å². The molecule has 1 heterocycles. The Balaban J connectivity index is 0.00000118. The van der Waals surface area contributed by atoms with E-state index in [1.807, 2.05) is 57.1 Å². The van der Waals surface area contributed by atoms with Crippen LogP contribution in [0.15, 0.2) is 29.8 Å². The van der Waals surface area contributed by atoms with Crippen LogP contribution in [0.4, 0.5) is 14.5 Å². The molecule has 0 aromatic heterocycles. The Labute approximate surface area is 186 Å². The van der Waals surface area contributed by atoms with Crippen molar-refractivity contribution in [3.8, 4) is 11.1 Å². The number of nitrogens with one attached hydrogen (secondary N) is 1. The van der Waals surface area contributed by atoms with E-state index in [1.54, 1.807) is 6.07 Å². The van der Waals surface area contributed by atoms with Crippen molar-refractivity contribution in [1.82, 2.24) is 5.32 Å². The van der Waals surface area contributed by atoms with Gasteiger partial charge in [-0.05, 0) is 85.5 Å². The molecular weight excluding hydrogens is 390 g/mol. The smallest absolute Gasteiger partial charge is 0.133 e. The molecule has 0 amide bonds. The molecule has 0 spiro atoms. The first-order valence-electron chi connectivity index (χ1n) is 11.3. The maximum absolute atomic E-state index is 15.3. The van der Waals surface area contributed by atoms with Crippen LogP contribution in [0.1, 0.15) is 47.0 Å². The average Bonchev–Trinajstić information content (AvgIpc) is 3.23. The summed E-state index contributed by atoms with van der Waals surface area (Å²) in [5, 5.41) is 5.30. The minimum absolute atomic E-state index is 0. The molecule has 168 valence electrons. The summed E-state index contributed by atoms with van der Waals surface area (Å²) in [4.78, 5) is 1.90. The molecule has 0 unspecified atom stereocenters. The first-order chi connectivity index (χ1) is 14.9. The van der Waals surface area contributed by atoms with Crippen LogP contribution in [-0.2, 0) is 0 Å². The van der Waals surface area contributed by atoms with Crippen molar-refractivity contribution in [2.75, 3.05) is 32.1 Å². The number of rotatable bonds is 4. The summed E-state index contributed by atoms with van der Waals surface area (Å²) in [6.45, 7) is 8.10. The number of halogens is 2. The number of fused-ring (bicyclic) bond motifs is 1. The summed E-state index contributed by atoms with van der Waals surface area (Å²) >= 11 is 0. The maximum atomic E-state index is 15.3. The van der Waals surface area contributed by atoms with E-state index in [2.05, 4.69) is 18.3 Å². The lowest BCUT2D eigenvalue weighted by atomic mass is 9.89. The van der Waals surface area contributed by atoms with Gasteiger partial charge in [0.25, 0.3) is 0 Å². The quantitative estimate of drug-likeness (QED) is 0.710. The molecule has 2 aliphatic rings. The number of allylic oxidation sites excluding steroid dienone is 1. The minimum Gasteiger partial charge on any atom is -0.377 e. The molecular formula is C27H36F2N2. The van der Waals surface area contributed by atoms with Gasteiger partial charge in [0.2, 0.25) is 0 Å².